The smallest absolute Gasteiger partial charge is 0.188 e. The molecule has 0 spiro atoms. The van der Waals surface area contributed by atoms with Crippen LogP contribution in [0.2, 0.25) is 0 Å². The molecule has 0 amide bonds. The first-order valence-corrected chi connectivity index (χ1v) is 6.23. The molecule has 2 rings (SSSR count). The molecule has 1 fully saturated rings. The Balaban J connectivity index is 0.00000162. The molecule has 1 heterocycles. The molecule has 1 aliphatic carbocycles. The van der Waals surface area contributed by atoms with Crippen LogP contribution in [0.25, 0.3) is 0 Å². The number of aliphatic imine (C=N–C) groups is 1. The van der Waals surface area contributed by atoms with Crippen molar-refractivity contribution in [2.45, 2.75) is 44.7 Å². The normalized spacial score (nSPS) is 17.2. The lowest BCUT2D eigenvalue weighted by Gasteiger charge is -2.23. The molecular formula is C11H21IN6. The number of nitrogens with one attached hydrogen (secondary N) is 1. The van der Waals surface area contributed by atoms with Crippen molar-refractivity contribution in [1.82, 2.24) is 20.1 Å². The molecule has 1 aromatic heterocycles. The summed E-state index contributed by atoms with van der Waals surface area (Å²) in [6, 6.07) is 0.513. The third-order valence-electron chi connectivity index (χ3n) is 3.04. The van der Waals surface area contributed by atoms with Crippen molar-refractivity contribution in [3.05, 3.63) is 12.7 Å². The van der Waals surface area contributed by atoms with Gasteiger partial charge in [-0.05, 0) is 12.8 Å². The third-order valence-corrected chi connectivity index (χ3v) is 3.04. The number of halogens is 1. The Morgan fingerprint density at radius 1 is 1.39 bits per heavy atom. The number of nitrogens with two attached hydrogens (primary N) is 1. The molecule has 0 aliphatic heterocycles. The number of guanidine groups is 1. The van der Waals surface area contributed by atoms with Crippen LogP contribution in [-0.2, 0) is 6.54 Å². The van der Waals surface area contributed by atoms with Crippen LogP contribution in [0.5, 0.6) is 0 Å². The summed E-state index contributed by atoms with van der Waals surface area (Å²) in [4.78, 5) is 8.16. The van der Waals surface area contributed by atoms with Gasteiger partial charge in [-0.1, -0.05) is 19.3 Å². The predicted molar refractivity (Wildman–Crippen MR) is 81.9 cm³/mol. The van der Waals surface area contributed by atoms with Gasteiger partial charge in [0.1, 0.15) is 12.7 Å². The van der Waals surface area contributed by atoms with E-state index in [-0.39, 0.29) is 24.0 Å². The molecule has 18 heavy (non-hydrogen) atoms. The monoisotopic (exact) mass is 364 g/mol. The van der Waals surface area contributed by atoms with Crippen molar-refractivity contribution < 1.29 is 0 Å². The molecule has 1 saturated carbocycles. The minimum absolute atomic E-state index is 0. The van der Waals surface area contributed by atoms with Crippen molar-refractivity contribution in [3.63, 3.8) is 0 Å². The summed E-state index contributed by atoms with van der Waals surface area (Å²) in [6.07, 6.45) is 9.56. The summed E-state index contributed by atoms with van der Waals surface area (Å²) in [7, 11) is 0. The lowest BCUT2D eigenvalue weighted by molar-refractivity contribution is 0.412. The Morgan fingerprint density at radius 3 is 2.83 bits per heavy atom. The van der Waals surface area contributed by atoms with Crippen LogP contribution >= 0.6 is 24.0 Å². The van der Waals surface area contributed by atoms with E-state index in [0.717, 1.165) is 0 Å². The van der Waals surface area contributed by atoms with Crippen LogP contribution in [0.3, 0.4) is 0 Å². The average Bonchev–Trinajstić information content (AvgIpc) is 2.83. The zero-order chi connectivity index (χ0) is 11.9. The first-order valence-electron chi connectivity index (χ1n) is 6.23. The van der Waals surface area contributed by atoms with Gasteiger partial charge < -0.3 is 11.1 Å². The van der Waals surface area contributed by atoms with E-state index in [9.17, 15) is 0 Å². The molecule has 6 nitrogen and oxygen atoms in total. The summed E-state index contributed by atoms with van der Waals surface area (Å²) in [5.74, 6) is 0.553. The molecule has 0 atom stereocenters. The maximum absolute atomic E-state index is 5.84. The van der Waals surface area contributed by atoms with Gasteiger partial charge in [0.15, 0.2) is 5.96 Å². The highest BCUT2D eigenvalue weighted by Crippen LogP contribution is 2.16. The number of nitrogens with zero attached hydrogens (tertiary/aromatic N) is 4. The van der Waals surface area contributed by atoms with E-state index in [1.807, 2.05) is 0 Å². The SMILES string of the molecule is I.NC(=NCCn1cncn1)NC1CCCCC1. The Bertz CT molecular complexity index is 344. The van der Waals surface area contributed by atoms with Crippen molar-refractivity contribution in [3.8, 4) is 0 Å². The molecule has 0 radical (unpaired) electrons. The van der Waals surface area contributed by atoms with E-state index >= 15 is 0 Å². The minimum atomic E-state index is 0. The maximum atomic E-state index is 5.84. The van der Waals surface area contributed by atoms with Crippen molar-refractivity contribution in [1.29, 1.82) is 0 Å². The third kappa shape index (κ3) is 5.19. The largest absolute Gasteiger partial charge is 0.370 e. The van der Waals surface area contributed by atoms with Gasteiger partial charge in [0.05, 0.1) is 13.1 Å². The van der Waals surface area contributed by atoms with E-state index < -0.39 is 0 Å². The molecular weight excluding hydrogens is 343 g/mol. The number of rotatable bonds is 4. The summed E-state index contributed by atoms with van der Waals surface area (Å²) < 4.78 is 1.75. The van der Waals surface area contributed by atoms with Crippen LogP contribution in [-0.4, -0.2) is 33.3 Å². The van der Waals surface area contributed by atoms with Crippen LogP contribution in [0, 0.1) is 0 Å². The van der Waals surface area contributed by atoms with E-state index in [1.165, 1.54) is 38.4 Å². The molecule has 3 N–H and O–H groups in total. The van der Waals surface area contributed by atoms with Gasteiger partial charge in [-0.2, -0.15) is 5.10 Å². The van der Waals surface area contributed by atoms with Gasteiger partial charge in [-0.3, -0.25) is 9.67 Å². The zero-order valence-corrected chi connectivity index (χ0v) is 12.8. The first kappa shape index (κ1) is 15.2. The van der Waals surface area contributed by atoms with E-state index in [1.54, 1.807) is 11.0 Å². The maximum Gasteiger partial charge on any atom is 0.188 e. The van der Waals surface area contributed by atoms with Crippen LogP contribution in [0.15, 0.2) is 17.6 Å². The van der Waals surface area contributed by atoms with Gasteiger partial charge >= 0.3 is 0 Å². The van der Waals surface area contributed by atoms with E-state index in [0.29, 0.717) is 25.1 Å². The Labute approximate surface area is 124 Å². The number of hydrogen-bond donors (Lipinski definition) is 2. The van der Waals surface area contributed by atoms with Crippen molar-refractivity contribution in [2.75, 3.05) is 6.54 Å². The van der Waals surface area contributed by atoms with Crippen LogP contribution in [0.1, 0.15) is 32.1 Å². The molecule has 0 aromatic carbocycles. The Kier molecular flexibility index (Phi) is 6.99. The second-order valence-corrected chi connectivity index (χ2v) is 4.40. The van der Waals surface area contributed by atoms with Gasteiger partial charge in [0.2, 0.25) is 0 Å². The fraction of sp³-hybridized carbons (Fsp3) is 0.727. The fourth-order valence-electron chi connectivity index (χ4n) is 2.12. The first-order chi connectivity index (χ1) is 8.34. The summed E-state index contributed by atoms with van der Waals surface area (Å²) in [5, 5.41) is 7.29. The van der Waals surface area contributed by atoms with Gasteiger partial charge in [0, 0.05) is 6.04 Å². The molecule has 102 valence electrons. The van der Waals surface area contributed by atoms with E-state index in [4.69, 9.17) is 5.73 Å². The molecule has 0 unspecified atom stereocenters. The molecule has 1 aliphatic rings. The Morgan fingerprint density at radius 2 is 2.17 bits per heavy atom. The summed E-state index contributed by atoms with van der Waals surface area (Å²) >= 11 is 0. The predicted octanol–water partition coefficient (Wildman–Crippen LogP) is 1.13. The van der Waals surface area contributed by atoms with Crippen LogP contribution < -0.4 is 11.1 Å². The van der Waals surface area contributed by atoms with Gasteiger partial charge in [-0.15, -0.1) is 24.0 Å². The van der Waals surface area contributed by atoms with E-state index in [2.05, 4.69) is 20.4 Å². The second kappa shape index (κ2) is 8.28. The highest BCUT2D eigenvalue weighted by Gasteiger charge is 2.12. The quantitative estimate of drug-likeness (QED) is 0.477. The highest BCUT2D eigenvalue weighted by atomic mass is 127. The zero-order valence-electron chi connectivity index (χ0n) is 10.5. The highest BCUT2D eigenvalue weighted by molar-refractivity contribution is 14.0. The van der Waals surface area contributed by atoms with Gasteiger partial charge in [-0.25, -0.2) is 4.98 Å². The lowest BCUT2D eigenvalue weighted by Crippen LogP contribution is -2.41. The summed E-state index contributed by atoms with van der Waals surface area (Å²) in [5.41, 5.74) is 5.84. The van der Waals surface area contributed by atoms with Crippen molar-refractivity contribution in [2.24, 2.45) is 10.7 Å². The average molecular weight is 364 g/mol. The molecule has 0 saturated heterocycles. The van der Waals surface area contributed by atoms with Gasteiger partial charge in [0.25, 0.3) is 0 Å². The standard InChI is InChI=1S/C11H20N6.HI/c12-11(16-10-4-2-1-3-5-10)14-6-7-17-9-13-8-15-17;/h8-10H,1-7H2,(H3,12,14,16);1H. The Hall–Kier alpha value is -0.860. The summed E-state index contributed by atoms with van der Waals surface area (Å²) in [6.45, 7) is 1.35. The van der Waals surface area contributed by atoms with Crippen LogP contribution in [0.4, 0.5) is 0 Å². The lowest BCUT2D eigenvalue weighted by atomic mass is 9.96. The molecule has 0 bridgehead atoms. The minimum Gasteiger partial charge on any atom is -0.370 e. The second-order valence-electron chi connectivity index (χ2n) is 4.40. The fourth-order valence-corrected chi connectivity index (χ4v) is 2.12. The number of aromatic nitrogens is 3. The molecule has 1 aromatic rings. The molecule has 7 heteroatoms. The topological polar surface area (TPSA) is 81.1 Å². The number of hydrogen-bond acceptors (Lipinski definition) is 3. The van der Waals surface area contributed by atoms with Crippen molar-refractivity contribution >= 4 is 29.9 Å².